The van der Waals surface area contributed by atoms with Gasteiger partial charge in [-0.15, -0.1) is 24.0 Å². The Labute approximate surface area is 172 Å². The van der Waals surface area contributed by atoms with Gasteiger partial charge in [-0.05, 0) is 37.0 Å². The third-order valence-electron chi connectivity index (χ3n) is 4.33. The molecule has 7 heteroatoms. The Balaban J connectivity index is 0.00000312. The molecule has 5 nitrogen and oxygen atoms in total. The van der Waals surface area contributed by atoms with E-state index in [2.05, 4.69) is 17.1 Å². The lowest BCUT2D eigenvalue weighted by Crippen LogP contribution is -2.40. The Morgan fingerprint density at radius 2 is 2.04 bits per heavy atom. The van der Waals surface area contributed by atoms with Gasteiger partial charge in [-0.3, -0.25) is 9.79 Å². The van der Waals surface area contributed by atoms with E-state index in [0.29, 0.717) is 13.1 Å². The SMILES string of the molecule is CCNC(=NCCc1ccc(Cl)cc1)N1CC(C)C(C(=O)OC)C1.I. The van der Waals surface area contributed by atoms with Crippen LogP contribution in [0.2, 0.25) is 5.02 Å². The summed E-state index contributed by atoms with van der Waals surface area (Å²) in [7, 11) is 1.45. The number of guanidine groups is 1. The predicted octanol–water partition coefficient (Wildman–Crippen LogP) is 3.21. The molecule has 0 radical (unpaired) electrons. The molecule has 0 aromatic heterocycles. The maximum Gasteiger partial charge on any atom is 0.310 e. The largest absolute Gasteiger partial charge is 0.469 e. The summed E-state index contributed by atoms with van der Waals surface area (Å²) in [5.74, 6) is 0.902. The Hall–Kier alpha value is -1.02. The highest BCUT2D eigenvalue weighted by Crippen LogP contribution is 2.24. The smallest absolute Gasteiger partial charge is 0.310 e. The van der Waals surface area contributed by atoms with Crippen LogP contribution in [-0.2, 0) is 16.0 Å². The predicted molar refractivity (Wildman–Crippen MR) is 113 cm³/mol. The lowest BCUT2D eigenvalue weighted by atomic mass is 9.99. The van der Waals surface area contributed by atoms with Crippen molar-refractivity contribution in [2.24, 2.45) is 16.8 Å². The monoisotopic (exact) mass is 479 g/mol. The van der Waals surface area contributed by atoms with Gasteiger partial charge in [-0.25, -0.2) is 0 Å². The second-order valence-electron chi connectivity index (χ2n) is 6.12. The van der Waals surface area contributed by atoms with Gasteiger partial charge >= 0.3 is 5.97 Å². The summed E-state index contributed by atoms with van der Waals surface area (Å²) < 4.78 is 4.90. The van der Waals surface area contributed by atoms with E-state index in [9.17, 15) is 4.79 Å². The fraction of sp³-hybridized carbons (Fsp3) is 0.556. The van der Waals surface area contributed by atoms with Crippen molar-refractivity contribution in [3.63, 3.8) is 0 Å². The first-order valence-corrected chi connectivity index (χ1v) is 8.78. The first-order valence-electron chi connectivity index (χ1n) is 8.40. The van der Waals surface area contributed by atoms with Crippen LogP contribution in [0.5, 0.6) is 0 Å². The van der Waals surface area contributed by atoms with E-state index >= 15 is 0 Å². The van der Waals surface area contributed by atoms with Crippen LogP contribution >= 0.6 is 35.6 Å². The first-order chi connectivity index (χ1) is 11.5. The minimum atomic E-state index is -0.137. The van der Waals surface area contributed by atoms with Crippen LogP contribution in [0.15, 0.2) is 29.3 Å². The molecular weight excluding hydrogens is 453 g/mol. The van der Waals surface area contributed by atoms with Gasteiger partial charge in [0.25, 0.3) is 0 Å². The number of esters is 1. The van der Waals surface area contributed by atoms with Crippen molar-refractivity contribution in [1.29, 1.82) is 0 Å². The highest BCUT2D eigenvalue weighted by molar-refractivity contribution is 14.0. The molecule has 2 rings (SSSR count). The van der Waals surface area contributed by atoms with Gasteiger partial charge in [0.1, 0.15) is 0 Å². The zero-order chi connectivity index (χ0) is 17.5. The third-order valence-corrected chi connectivity index (χ3v) is 4.58. The Morgan fingerprint density at radius 1 is 1.36 bits per heavy atom. The van der Waals surface area contributed by atoms with Crippen LogP contribution in [0.25, 0.3) is 0 Å². The molecule has 1 aromatic carbocycles. The molecule has 2 unspecified atom stereocenters. The van der Waals surface area contributed by atoms with Gasteiger partial charge in [-0.1, -0.05) is 30.7 Å². The number of carbonyl (C=O) groups excluding carboxylic acids is 1. The number of carbonyl (C=O) groups is 1. The van der Waals surface area contributed by atoms with Crippen molar-refractivity contribution in [1.82, 2.24) is 10.2 Å². The maximum absolute atomic E-state index is 11.9. The molecule has 1 saturated heterocycles. The molecule has 2 atom stereocenters. The summed E-state index contributed by atoms with van der Waals surface area (Å²) in [5.41, 5.74) is 1.21. The number of rotatable bonds is 5. The number of halogens is 2. The standard InChI is InChI=1S/C18H26ClN3O2.HI/c1-4-20-18(21-10-9-14-5-7-15(19)8-6-14)22-11-13(2)16(12-22)17(23)24-3;/h5-8,13,16H,4,9-12H2,1-3H3,(H,20,21);1H. The number of methoxy groups -OCH3 is 1. The van der Waals surface area contributed by atoms with Crippen molar-refractivity contribution in [3.05, 3.63) is 34.9 Å². The van der Waals surface area contributed by atoms with Crippen molar-refractivity contribution >= 4 is 47.5 Å². The van der Waals surface area contributed by atoms with Crippen molar-refractivity contribution in [2.45, 2.75) is 20.3 Å². The molecule has 1 N–H and O–H groups in total. The van der Waals surface area contributed by atoms with E-state index in [-0.39, 0.29) is 41.8 Å². The van der Waals surface area contributed by atoms with Gasteiger partial charge in [0.05, 0.1) is 13.0 Å². The average molecular weight is 480 g/mol. The molecule has 25 heavy (non-hydrogen) atoms. The molecule has 140 valence electrons. The molecule has 0 spiro atoms. The lowest BCUT2D eigenvalue weighted by Gasteiger charge is -2.21. The third kappa shape index (κ3) is 6.33. The highest BCUT2D eigenvalue weighted by atomic mass is 127. The maximum atomic E-state index is 11.9. The van der Waals surface area contributed by atoms with Crippen molar-refractivity contribution in [2.75, 3.05) is 33.3 Å². The van der Waals surface area contributed by atoms with Gasteiger partial charge < -0.3 is 15.0 Å². The van der Waals surface area contributed by atoms with Crippen LogP contribution < -0.4 is 5.32 Å². The van der Waals surface area contributed by atoms with Crippen molar-refractivity contribution in [3.8, 4) is 0 Å². The summed E-state index contributed by atoms with van der Waals surface area (Å²) in [5, 5.41) is 4.07. The number of nitrogens with zero attached hydrogens (tertiary/aromatic N) is 2. The van der Waals surface area contributed by atoms with Crippen LogP contribution in [-0.4, -0.2) is 50.1 Å². The molecule has 0 bridgehead atoms. The molecular formula is C18H27ClIN3O2. The minimum absolute atomic E-state index is 0. The Kier molecular flexibility index (Phi) is 9.56. The number of likely N-dealkylation sites (tertiary alicyclic amines) is 1. The Bertz CT molecular complexity index is 580. The summed E-state index contributed by atoms with van der Waals surface area (Å²) in [4.78, 5) is 18.7. The van der Waals surface area contributed by atoms with E-state index in [1.165, 1.54) is 12.7 Å². The topological polar surface area (TPSA) is 53.9 Å². The van der Waals surface area contributed by atoms with Crippen LogP contribution in [0.4, 0.5) is 0 Å². The summed E-state index contributed by atoms with van der Waals surface area (Å²) in [6.45, 7) is 7.09. The molecule has 1 aromatic rings. The normalized spacial score (nSPS) is 20.2. The summed E-state index contributed by atoms with van der Waals surface area (Å²) >= 11 is 5.91. The fourth-order valence-corrected chi connectivity index (χ4v) is 3.09. The van der Waals surface area contributed by atoms with Crippen molar-refractivity contribution < 1.29 is 9.53 Å². The molecule has 0 saturated carbocycles. The molecule has 0 aliphatic carbocycles. The van der Waals surface area contributed by atoms with Crippen LogP contribution in [0, 0.1) is 11.8 Å². The molecule has 1 heterocycles. The fourth-order valence-electron chi connectivity index (χ4n) is 2.97. The van der Waals surface area contributed by atoms with E-state index < -0.39 is 0 Å². The first kappa shape index (κ1) is 22.0. The zero-order valence-electron chi connectivity index (χ0n) is 15.0. The van der Waals surface area contributed by atoms with E-state index in [1.807, 2.05) is 31.2 Å². The molecule has 1 fully saturated rings. The number of benzene rings is 1. The number of aliphatic imine (C=N–C) groups is 1. The van der Waals surface area contributed by atoms with Crippen LogP contribution in [0.1, 0.15) is 19.4 Å². The average Bonchev–Trinajstić information content (AvgIpc) is 2.97. The second kappa shape index (κ2) is 10.9. The number of nitrogens with one attached hydrogen (secondary N) is 1. The Morgan fingerprint density at radius 3 is 2.64 bits per heavy atom. The van der Waals surface area contributed by atoms with E-state index in [0.717, 1.165) is 30.5 Å². The molecule has 1 aliphatic rings. The lowest BCUT2D eigenvalue weighted by molar-refractivity contribution is -0.145. The summed E-state index contributed by atoms with van der Waals surface area (Å²) in [6.07, 6.45) is 0.857. The van der Waals surface area contributed by atoms with Gasteiger partial charge in [0.2, 0.25) is 0 Å². The summed E-state index contributed by atoms with van der Waals surface area (Å²) in [6, 6.07) is 7.84. The van der Waals surface area contributed by atoms with Gasteiger partial charge in [0, 0.05) is 31.2 Å². The van der Waals surface area contributed by atoms with Crippen LogP contribution in [0.3, 0.4) is 0 Å². The molecule has 0 amide bonds. The van der Waals surface area contributed by atoms with E-state index in [4.69, 9.17) is 21.3 Å². The van der Waals surface area contributed by atoms with Gasteiger partial charge in [-0.2, -0.15) is 0 Å². The second-order valence-corrected chi connectivity index (χ2v) is 6.56. The highest BCUT2D eigenvalue weighted by Gasteiger charge is 2.36. The molecule has 1 aliphatic heterocycles. The minimum Gasteiger partial charge on any atom is -0.469 e. The zero-order valence-corrected chi connectivity index (χ0v) is 18.1. The number of hydrogen-bond donors (Lipinski definition) is 1. The number of ether oxygens (including phenoxy) is 1. The number of hydrogen-bond acceptors (Lipinski definition) is 3. The quantitative estimate of drug-likeness (QED) is 0.305. The van der Waals surface area contributed by atoms with E-state index in [1.54, 1.807) is 0 Å². The van der Waals surface area contributed by atoms with Gasteiger partial charge in [0.15, 0.2) is 5.96 Å².